The lowest BCUT2D eigenvalue weighted by molar-refractivity contribution is 0.660. The van der Waals surface area contributed by atoms with E-state index in [-0.39, 0.29) is 10.8 Å². The van der Waals surface area contributed by atoms with E-state index in [4.69, 9.17) is 0 Å². The highest BCUT2D eigenvalue weighted by Gasteiger charge is 2.51. The maximum atomic E-state index is 2.67. The van der Waals surface area contributed by atoms with Gasteiger partial charge in [0.25, 0.3) is 0 Å². The molecule has 81 heavy (non-hydrogen) atoms. The van der Waals surface area contributed by atoms with Gasteiger partial charge in [-0.3, -0.25) is 0 Å². The fraction of sp³-hybridized carbons (Fsp3) is 0.139. The Morgan fingerprint density at radius 3 is 0.975 bits per heavy atom. The Bertz CT molecular complexity index is 4490. The van der Waals surface area contributed by atoms with Crippen LogP contribution < -0.4 is 20.7 Å². The standard InChI is InChI=1S/C79H62Si2/c1-77(2)63-43-59-60-44-64-62(74-52-32-18-16-30-50(52)58(42-68(74)78(64,3)4)54-36-24-40-72-76(54)56-34-20-22-38-70(56)81(72,7)8)46-66(60)79(47-25-11-9-12-26-47,48-27-13-10-14-28-48)65(59)45-61(63)73-51-31-17-15-29-49(51)57(41-67(73)77)53-35-23-39-71-75(53)55-33-19-21-37-69(55)80(71,5)6/h9-46H,1-8H3. The molecule has 0 fully saturated rings. The summed E-state index contributed by atoms with van der Waals surface area (Å²) in [4.78, 5) is 0. The van der Waals surface area contributed by atoms with Gasteiger partial charge in [-0.15, -0.1) is 0 Å². The molecule has 2 heterocycles. The van der Waals surface area contributed by atoms with Crippen molar-refractivity contribution in [1.82, 2.24) is 0 Å². The molecular formula is C79H62Si2. The van der Waals surface area contributed by atoms with Crippen molar-refractivity contribution < 1.29 is 0 Å². The summed E-state index contributed by atoms with van der Waals surface area (Å²) in [6, 6.07) is 90.3. The number of fused-ring (bicyclic) bond motifs is 19. The van der Waals surface area contributed by atoms with Crippen LogP contribution in [0.3, 0.4) is 0 Å². The second-order valence-electron chi connectivity index (χ2n) is 26.2. The van der Waals surface area contributed by atoms with Crippen LogP contribution in [0.2, 0.25) is 26.2 Å². The van der Waals surface area contributed by atoms with Gasteiger partial charge in [-0.2, -0.15) is 0 Å². The first kappa shape index (κ1) is 47.4. The van der Waals surface area contributed by atoms with E-state index in [1.165, 1.54) is 144 Å². The second kappa shape index (κ2) is 15.9. The van der Waals surface area contributed by atoms with Gasteiger partial charge >= 0.3 is 0 Å². The molecule has 17 rings (SSSR count). The average Bonchev–Trinajstić information content (AvgIpc) is 4.36. The SMILES string of the molecule is CC1(C)c2cc3c(cc2-c2c1cc(-c1cccc4c1-c1ccccc1[Si]4(C)C)c1ccccc21)C(c1ccccc1)(c1ccccc1)c1cc2c(cc1-3)C(C)(C)c1cc(-c3cccc4c3-c3ccccc3[Si]4(C)C)c3ccccc3c1-2. The van der Waals surface area contributed by atoms with E-state index in [0.717, 1.165) is 0 Å². The summed E-state index contributed by atoms with van der Waals surface area (Å²) in [6.07, 6.45) is 0. The molecule has 0 saturated carbocycles. The predicted molar refractivity (Wildman–Crippen MR) is 349 cm³/mol. The van der Waals surface area contributed by atoms with Gasteiger partial charge in [-0.1, -0.05) is 248 Å². The first-order valence-corrected chi connectivity index (χ1v) is 35.3. The van der Waals surface area contributed by atoms with Gasteiger partial charge in [0.1, 0.15) is 16.1 Å². The van der Waals surface area contributed by atoms with E-state index in [1.54, 1.807) is 20.7 Å². The molecule has 0 aromatic heterocycles. The summed E-state index contributed by atoms with van der Waals surface area (Å²) in [5.41, 5.74) is 29.0. The van der Waals surface area contributed by atoms with Crippen LogP contribution in [-0.2, 0) is 16.2 Å². The van der Waals surface area contributed by atoms with Crippen molar-refractivity contribution in [1.29, 1.82) is 0 Å². The van der Waals surface area contributed by atoms with E-state index in [0.29, 0.717) is 0 Å². The molecule has 3 aliphatic carbocycles. The first-order valence-electron chi connectivity index (χ1n) is 29.3. The van der Waals surface area contributed by atoms with Gasteiger partial charge in [-0.05, 0) is 201 Å². The van der Waals surface area contributed by atoms with Gasteiger partial charge in [0.15, 0.2) is 0 Å². The van der Waals surface area contributed by atoms with Gasteiger partial charge in [0.05, 0.1) is 5.41 Å². The van der Waals surface area contributed by atoms with Gasteiger partial charge < -0.3 is 0 Å². The van der Waals surface area contributed by atoms with Crippen LogP contribution in [0.5, 0.6) is 0 Å². The molecule has 0 atom stereocenters. The molecule has 12 aromatic carbocycles. The van der Waals surface area contributed by atoms with Gasteiger partial charge in [-0.25, -0.2) is 0 Å². The van der Waals surface area contributed by atoms with Crippen molar-refractivity contribution in [3.63, 3.8) is 0 Å². The molecule has 0 saturated heterocycles. The highest BCUT2D eigenvalue weighted by Crippen LogP contribution is 2.64. The molecule has 0 N–H and O–H groups in total. The predicted octanol–water partition coefficient (Wildman–Crippen LogP) is 17.9. The van der Waals surface area contributed by atoms with Crippen LogP contribution >= 0.6 is 0 Å². The maximum Gasteiger partial charge on any atom is 0.113 e. The first-order chi connectivity index (χ1) is 39.2. The topological polar surface area (TPSA) is 0 Å². The monoisotopic (exact) mass is 1070 g/mol. The zero-order valence-electron chi connectivity index (χ0n) is 47.4. The quantitative estimate of drug-likeness (QED) is 0.154. The molecule has 0 spiro atoms. The average molecular weight is 1070 g/mol. The fourth-order valence-corrected chi connectivity index (χ4v) is 23.2. The fourth-order valence-electron chi connectivity index (χ4n) is 17.0. The number of benzene rings is 12. The van der Waals surface area contributed by atoms with Crippen molar-refractivity contribution >= 4 is 58.4 Å². The maximum absolute atomic E-state index is 2.67. The van der Waals surface area contributed by atoms with Crippen LogP contribution in [0, 0.1) is 0 Å². The third-order valence-corrected chi connectivity index (χ3v) is 28.0. The molecular weight excluding hydrogens is 1010 g/mol. The Hall–Kier alpha value is -8.41. The Morgan fingerprint density at radius 2 is 0.556 bits per heavy atom. The third-order valence-electron chi connectivity index (χ3n) is 20.9. The van der Waals surface area contributed by atoms with Gasteiger partial charge in [0.2, 0.25) is 0 Å². The summed E-state index contributed by atoms with van der Waals surface area (Å²) in [5.74, 6) is 0. The van der Waals surface area contributed by atoms with Crippen LogP contribution in [0.4, 0.5) is 0 Å². The van der Waals surface area contributed by atoms with Crippen LogP contribution in [0.25, 0.3) is 99.4 Å². The van der Waals surface area contributed by atoms with Crippen molar-refractivity contribution in [2.45, 2.75) is 70.1 Å². The Kier molecular flexibility index (Phi) is 9.33. The minimum atomic E-state index is -1.90. The van der Waals surface area contributed by atoms with Crippen molar-refractivity contribution in [2.75, 3.05) is 0 Å². The van der Waals surface area contributed by atoms with E-state index in [1.807, 2.05) is 0 Å². The summed E-state index contributed by atoms with van der Waals surface area (Å²) in [7, 11) is -3.81. The lowest BCUT2D eigenvalue weighted by Crippen LogP contribution is -2.49. The number of hydrogen-bond donors (Lipinski definition) is 0. The lowest BCUT2D eigenvalue weighted by atomic mass is 9.67. The molecule has 0 radical (unpaired) electrons. The molecule has 12 aromatic rings. The molecule has 0 unspecified atom stereocenters. The molecule has 2 heteroatoms. The zero-order valence-corrected chi connectivity index (χ0v) is 49.4. The Balaban J connectivity index is 0.922. The van der Waals surface area contributed by atoms with E-state index < -0.39 is 21.6 Å². The normalized spacial score (nSPS) is 16.6. The van der Waals surface area contributed by atoms with Crippen molar-refractivity contribution in [3.05, 3.63) is 275 Å². The molecule has 0 amide bonds. The summed E-state index contributed by atoms with van der Waals surface area (Å²) in [6.45, 7) is 20.1. The number of hydrogen-bond acceptors (Lipinski definition) is 0. The van der Waals surface area contributed by atoms with Crippen LogP contribution in [0.1, 0.15) is 72.2 Å². The van der Waals surface area contributed by atoms with Crippen molar-refractivity contribution in [2.24, 2.45) is 0 Å². The van der Waals surface area contributed by atoms with Crippen molar-refractivity contribution in [3.8, 4) is 77.9 Å². The van der Waals surface area contributed by atoms with E-state index in [2.05, 4.69) is 284 Å². The lowest BCUT2D eigenvalue weighted by Gasteiger charge is -2.34. The smallest absolute Gasteiger partial charge is 0.0623 e. The number of rotatable bonds is 4. The zero-order chi connectivity index (χ0) is 54.7. The van der Waals surface area contributed by atoms with Crippen LogP contribution in [0.15, 0.2) is 231 Å². The third kappa shape index (κ3) is 5.84. The molecule has 386 valence electrons. The van der Waals surface area contributed by atoms with Gasteiger partial charge in [0, 0.05) is 10.8 Å². The summed E-state index contributed by atoms with van der Waals surface area (Å²) < 4.78 is 0. The van der Waals surface area contributed by atoms with E-state index in [9.17, 15) is 0 Å². The molecule has 5 aliphatic rings. The minimum Gasteiger partial charge on any atom is -0.0623 e. The largest absolute Gasteiger partial charge is 0.113 e. The summed E-state index contributed by atoms with van der Waals surface area (Å²) in [5, 5.41) is 11.5. The molecule has 0 nitrogen and oxygen atoms in total. The Morgan fingerprint density at radius 1 is 0.235 bits per heavy atom. The highest BCUT2D eigenvalue weighted by atomic mass is 28.3. The molecule has 2 aliphatic heterocycles. The molecule has 0 bridgehead atoms. The van der Waals surface area contributed by atoms with Crippen LogP contribution in [-0.4, -0.2) is 16.1 Å². The second-order valence-corrected chi connectivity index (χ2v) is 34.9. The minimum absolute atomic E-state index is 0.287. The summed E-state index contributed by atoms with van der Waals surface area (Å²) >= 11 is 0. The van der Waals surface area contributed by atoms with E-state index >= 15 is 0 Å². The Labute approximate surface area is 478 Å². The highest BCUT2D eigenvalue weighted by molar-refractivity contribution is 7.04.